The molecule has 0 spiro atoms. The molecule has 2 amide bonds. The van der Waals surface area contributed by atoms with Gasteiger partial charge in [-0.3, -0.25) is 14.5 Å². The SMILES string of the molecule is Cl.Cl.O=C([C@@H]1C[C@@H]2CNCC(=O)N2[C@@H]1c1ccccc1)N1CCC(N2CC(O)C2)CC1. The number of carbonyl (C=O) groups excluding carboxylic acids is 2. The Morgan fingerprint density at radius 1 is 1.03 bits per heavy atom. The molecule has 31 heavy (non-hydrogen) atoms. The fraction of sp³-hybridized carbons (Fsp3) is 0.636. The molecule has 4 fully saturated rings. The Balaban J connectivity index is 0.00000136. The molecule has 0 aromatic heterocycles. The van der Waals surface area contributed by atoms with Crippen molar-refractivity contribution < 1.29 is 14.7 Å². The Hall–Kier alpha value is -1.38. The van der Waals surface area contributed by atoms with E-state index in [1.54, 1.807) is 0 Å². The lowest BCUT2D eigenvalue weighted by atomic mass is 9.90. The van der Waals surface area contributed by atoms with Crippen molar-refractivity contribution in [2.75, 3.05) is 39.3 Å². The smallest absolute Gasteiger partial charge is 0.237 e. The number of rotatable bonds is 3. The van der Waals surface area contributed by atoms with Gasteiger partial charge in [0.2, 0.25) is 11.8 Å². The predicted molar refractivity (Wildman–Crippen MR) is 122 cm³/mol. The first-order valence-electron chi connectivity index (χ1n) is 10.9. The average molecular weight is 471 g/mol. The molecule has 4 heterocycles. The summed E-state index contributed by atoms with van der Waals surface area (Å²) in [6.45, 7) is 4.19. The van der Waals surface area contributed by atoms with E-state index in [9.17, 15) is 14.7 Å². The number of β-amino-alcohol motifs (C(OH)–C–C–N with tert-alkyl or cyclic N) is 1. The van der Waals surface area contributed by atoms with Crippen LogP contribution in [0.15, 0.2) is 30.3 Å². The summed E-state index contributed by atoms with van der Waals surface area (Å²) in [7, 11) is 0. The van der Waals surface area contributed by atoms with E-state index >= 15 is 0 Å². The molecule has 9 heteroatoms. The van der Waals surface area contributed by atoms with Crippen LogP contribution in [0.2, 0.25) is 0 Å². The van der Waals surface area contributed by atoms with Crippen molar-refractivity contribution in [3.05, 3.63) is 35.9 Å². The first-order chi connectivity index (χ1) is 14.1. The van der Waals surface area contributed by atoms with Gasteiger partial charge in [-0.05, 0) is 24.8 Å². The lowest BCUT2D eigenvalue weighted by Crippen LogP contribution is -2.58. The Labute approximate surface area is 195 Å². The molecule has 0 saturated carbocycles. The second-order valence-corrected chi connectivity index (χ2v) is 8.95. The van der Waals surface area contributed by atoms with E-state index in [1.807, 2.05) is 40.1 Å². The number of nitrogens with one attached hydrogen (secondary N) is 1. The number of hydrogen-bond acceptors (Lipinski definition) is 5. The molecule has 4 saturated heterocycles. The molecule has 4 aliphatic heterocycles. The minimum atomic E-state index is -0.177. The fourth-order valence-electron chi connectivity index (χ4n) is 5.68. The molecule has 5 rings (SSSR count). The van der Waals surface area contributed by atoms with Crippen LogP contribution < -0.4 is 5.32 Å². The highest BCUT2D eigenvalue weighted by atomic mass is 35.5. The maximum atomic E-state index is 13.6. The topological polar surface area (TPSA) is 76.1 Å². The van der Waals surface area contributed by atoms with Crippen LogP contribution in [0.5, 0.6) is 0 Å². The van der Waals surface area contributed by atoms with Gasteiger partial charge >= 0.3 is 0 Å². The van der Waals surface area contributed by atoms with Crippen LogP contribution in [0.3, 0.4) is 0 Å². The number of nitrogens with zero attached hydrogens (tertiary/aromatic N) is 3. The molecule has 3 atom stereocenters. The van der Waals surface area contributed by atoms with E-state index in [1.165, 1.54) is 0 Å². The van der Waals surface area contributed by atoms with Gasteiger partial charge in [-0.15, -0.1) is 24.8 Å². The number of likely N-dealkylation sites (tertiary alicyclic amines) is 2. The van der Waals surface area contributed by atoms with E-state index in [0.717, 1.165) is 57.5 Å². The molecule has 0 aliphatic carbocycles. The van der Waals surface area contributed by atoms with E-state index in [4.69, 9.17) is 0 Å². The van der Waals surface area contributed by atoms with Crippen molar-refractivity contribution >= 4 is 36.6 Å². The number of hydrogen-bond donors (Lipinski definition) is 2. The Kier molecular flexibility index (Phi) is 7.86. The zero-order chi connectivity index (χ0) is 20.0. The largest absolute Gasteiger partial charge is 0.390 e. The molecule has 0 unspecified atom stereocenters. The highest BCUT2D eigenvalue weighted by Crippen LogP contribution is 2.43. The third kappa shape index (κ3) is 4.57. The average Bonchev–Trinajstić information content (AvgIpc) is 3.13. The summed E-state index contributed by atoms with van der Waals surface area (Å²) in [5, 5.41) is 12.8. The van der Waals surface area contributed by atoms with Crippen molar-refractivity contribution in [3.8, 4) is 0 Å². The van der Waals surface area contributed by atoms with Crippen LogP contribution in [-0.2, 0) is 9.59 Å². The van der Waals surface area contributed by atoms with Crippen LogP contribution in [-0.4, -0.2) is 89.1 Å². The molecule has 7 nitrogen and oxygen atoms in total. The summed E-state index contributed by atoms with van der Waals surface area (Å²) in [5.41, 5.74) is 1.06. The lowest BCUT2D eigenvalue weighted by Gasteiger charge is -2.45. The third-order valence-electron chi connectivity index (χ3n) is 7.19. The zero-order valence-corrected chi connectivity index (χ0v) is 19.2. The summed E-state index contributed by atoms with van der Waals surface area (Å²) in [6, 6.07) is 10.5. The number of carbonyl (C=O) groups is 2. The molecule has 172 valence electrons. The van der Waals surface area contributed by atoms with Gasteiger partial charge in [-0.2, -0.15) is 0 Å². The number of amides is 2. The summed E-state index contributed by atoms with van der Waals surface area (Å²) >= 11 is 0. The van der Waals surface area contributed by atoms with Crippen molar-refractivity contribution in [2.45, 2.75) is 43.5 Å². The van der Waals surface area contributed by atoms with E-state index in [0.29, 0.717) is 12.6 Å². The van der Waals surface area contributed by atoms with Crippen LogP contribution in [0.1, 0.15) is 30.9 Å². The van der Waals surface area contributed by atoms with Gasteiger partial charge in [0.05, 0.1) is 24.6 Å². The molecule has 2 N–H and O–H groups in total. The maximum absolute atomic E-state index is 13.6. The predicted octanol–water partition coefficient (Wildman–Crippen LogP) is 1.06. The second kappa shape index (κ2) is 10.0. The molecule has 1 aromatic carbocycles. The number of aliphatic hydroxyl groups is 1. The number of piperidine rings is 1. The normalized spacial score (nSPS) is 29.6. The van der Waals surface area contributed by atoms with Crippen molar-refractivity contribution in [1.29, 1.82) is 0 Å². The summed E-state index contributed by atoms with van der Waals surface area (Å²) in [6.07, 6.45) is 2.49. The summed E-state index contributed by atoms with van der Waals surface area (Å²) in [4.78, 5) is 32.6. The molecule has 1 aromatic rings. The standard InChI is InChI=1S/C22H30N4O3.2ClH/c27-18-13-25(14-18)16-6-8-24(9-7-16)22(29)19-10-17-11-23-12-20(28)26(17)21(19)15-4-2-1-3-5-15;;/h1-5,16-19,21,23,27H,6-14H2;2*1H/t17-,19-,21-;;/m1../s1. The Bertz CT molecular complexity index is 769. The number of piperazine rings is 1. The second-order valence-electron chi connectivity index (χ2n) is 8.95. The Morgan fingerprint density at radius 3 is 2.35 bits per heavy atom. The highest BCUT2D eigenvalue weighted by molar-refractivity contribution is 5.86. The maximum Gasteiger partial charge on any atom is 0.237 e. The summed E-state index contributed by atoms with van der Waals surface area (Å²) in [5.74, 6) is 0.122. The van der Waals surface area contributed by atoms with Crippen LogP contribution in [0.25, 0.3) is 0 Å². The Morgan fingerprint density at radius 2 is 1.71 bits per heavy atom. The van der Waals surface area contributed by atoms with Gasteiger partial charge in [0.25, 0.3) is 0 Å². The monoisotopic (exact) mass is 470 g/mol. The van der Waals surface area contributed by atoms with Crippen molar-refractivity contribution in [2.24, 2.45) is 5.92 Å². The van der Waals surface area contributed by atoms with E-state index in [2.05, 4.69) is 10.2 Å². The van der Waals surface area contributed by atoms with Gasteiger partial charge in [-0.25, -0.2) is 0 Å². The van der Waals surface area contributed by atoms with Crippen molar-refractivity contribution in [1.82, 2.24) is 20.0 Å². The first-order valence-corrected chi connectivity index (χ1v) is 10.9. The minimum absolute atomic E-state index is 0. The fourth-order valence-corrected chi connectivity index (χ4v) is 5.68. The van der Waals surface area contributed by atoms with Gasteiger partial charge < -0.3 is 20.2 Å². The summed E-state index contributed by atoms with van der Waals surface area (Å²) < 4.78 is 0. The lowest BCUT2D eigenvalue weighted by molar-refractivity contribution is -0.140. The van der Waals surface area contributed by atoms with Gasteiger partial charge in [0.15, 0.2) is 0 Å². The molecule has 0 bridgehead atoms. The van der Waals surface area contributed by atoms with Gasteiger partial charge in [-0.1, -0.05) is 30.3 Å². The first kappa shape index (κ1) is 24.3. The number of aliphatic hydroxyl groups excluding tert-OH is 1. The third-order valence-corrected chi connectivity index (χ3v) is 7.19. The van der Waals surface area contributed by atoms with Gasteiger partial charge in [0.1, 0.15) is 0 Å². The number of fused-ring (bicyclic) bond motifs is 1. The molecule has 4 aliphatic rings. The van der Waals surface area contributed by atoms with Gasteiger partial charge in [0, 0.05) is 44.8 Å². The van der Waals surface area contributed by atoms with Crippen LogP contribution in [0, 0.1) is 5.92 Å². The minimum Gasteiger partial charge on any atom is -0.390 e. The van der Waals surface area contributed by atoms with Crippen LogP contribution in [0.4, 0.5) is 0 Å². The van der Waals surface area contributed by atoms with E-state index < -0.39 is 0 Å². The number of benzene rings is 1. The quantitative estimate of drug-likeness (QED) is 0.690. The molecular formula is C22H32Cl2N4O3. The molecule has 0 radical (unpaired) electrons. The van der Waals surface area contributed by atoms with E-state index in [-0.39, 0.29) is 60.7 Å². The van der Waals surface area contributed by atoms with Crippen molar-refractivity contribution in [3.63, 3.8) is 0 Å². The van der Waals surface area contributed by atoms with Crippen LogP contribution >= 0.6 is 24.8 Å². The number of halogens is 2. The molecular weight excluding hydrogens is 439 g/mol. The highest BCUT2D eigenvalue weighted by Gasteiger charge is 2.50. The zero-order valence-electron chi connectivity index (χ0n) is 17.6.